The van der Waals surface area contributed by atoms with Gasteiger partial charge in [0.2, 0.25) is 5.91 Å². The van der Waals surface area contributed by atoms with Gasteiger partial charge in [0.15, 0.2) is 0 Å². The predicted octanol–water partition coefficient (Wildman–Crippen LogP) is 0.0885. The van der Waals surface area contributed by atoms with Gasteiger partial charge < -0.3 is 0 Å². The Morgan fingerprint density at radius 3 is 2.93 bits per heavy atom. The molecule has 0 saturated carbocycles. The quantitative estimate of drug-likeness (QED) is 0.756. The molecule has 7 heteroatoms. The van der Waals surface area contributed by atoms with Gasteiger partial charge in [0.1, 0.15) is 5.92 Å². The highest BCUT2D eigenvalue weighted by atomic mass is 16.2. The molecule has 1 aromatic heterocycles. The van der Waals surface area contributed by atoms with Gasteiger partial charge in [0.25, 0.3) is 5.95 Å². The van der Waals surface area contributed by atoms with Crippen LogP contribution in [0.25, 0.3) is 0 Å². The summed E-state index contributed by atoms with van der Waals surface area (Å²) < 4.78 is 0. The van der Waals surface area contributed by atoms with Gasteiger partial charge in [0.05, 0.1) is 13.1 Å². The number of hydrogen-bond acceptors (Lipinski definition) is 5. The third-order valence-electron chi connectivity index (χ3n) is 1.79. The van der Waals surface area contributed by atoms with E-state index in [4.69, 9.17) is 5.26 Å². The minimum atomic E-state index is -0.654. The Hall–Kier alpha value is -1.97. The maximum absolute atomic E-state index is 11.5. The van der Waals surface area contributed by atoms with E-state index >= 15 is 0 Å². The summed E-state index contributed by atoms with van der Waals surface area (Å²) in [4.78, 5) is 12.7. The molecular weight excluding hydrogens is 196 g/mol. The summed E-state index contributed by atoms with van der Waals surface area (Å²) in [6, 6.07) is 1.93. The van der Waals surface area contributed by atoms with Gasteiger partial charge in [-0.3, -0.25) is 10.1 Å². The monoisotopic (exact) mass is 208 g/mol. The SMILES string of the molecule is CCCC(C#N)C(=O)Nc1nnn(C)n1. The summed E-state index contributed by atoms with van der Waals surface area (Å²) in [6.45, 7) is 1.91. The van der Waals surface area contributed by atoms with E-state index in [0.29, 0.717) is 6.42 Å². The van der Waals surface area contributed by atoms with Crippen LogP contribution in [-0.4, -0.2) is 26.1 Å². The molecule has 0 aliphatic carbocycles. The van der Waals surface area contributed by atoms with Crippen molar-refractivity contribution in [1.82, 2.24) is 20.2 Å². The average Bonchev–Trinajstić information content (AvgIpc) is 2.60. The zero-order valence-corrected chi connectivity index (χ0v) is 8.64. The minimum absolute atomic E-state index is 0.124. The second kappa shape index (κ2) is 5.05. The molecule has 0 aliphatic rings. The smallest absolute Gasteiger partial charge is 0.270 e. The van der Waals surface area contributed by atoms with Gasteiger partial charge in [-0.25, -0.2) is 0 Å². The van der Waals surface area contributed by atoms with Crippen LogP contribution in [0.3, 0.4) is 0 Å². The van der Waals surface area contributed by atoms with Crippen molar-refractivity contribution in [2.45, 2.75) is 19.8 Å². The summed E-state index contributed by atoms with van der Waals surface area (Å²) >= 11 is 0. The van der Waals surface area contributed by atoms with Gasteiger partial charge in [-0.2, -0.15) is 10.1 Å². The molecule has 1 N–H and O–H groups in total. The molecule has 0 spiro atoms. The molecule has 1 heterocycles. The van der Waals surface area contributed by atoms with Crippen molar-refractivity contribution in [3.63, 3.8) is 0 Å². The zero-order chi connectivity index (χ0) is 11.3. The molecule has 1 atom stereocenters. The lowest BCUT2D eigenvalue weighted by Gasteiger charge is -2.05. The number of tetrazole rings is 1. The van der Waals surface area contributed by atoms with E-state index in [2.05, 4.69) is 20.7 Å². The Labute approximate surface area is 87.1 Å². The Balaban J connectivity index is 2.58. The second-order valence-corrected chi connectivity index (χ2v) is 3.06. The first-order valence-electron chi connectivity index (χ1n) is 4.61. The van der Waals surface area contributed by atoms with Crippen LogP contribution in [0.1, 0.15) is 19.8 Å². The number of rotatable bonds is 4. The first kappa shape index (κ1) is 11.1. The number of nitrogens with one attached hydrogen (secondary N) is 1. The van der Waals surface area contributed by atoms with E-state index in [0.717, 1.165) is 6.42 Å². The average molecular weight is 208 g/mol. The van der Waals surface area contributed by atoms with Crippen LogP contribution in [0.5, 0.6) is 0 Å². The first-order chi connectivity index (χ1) is 7.17. The normalized spacial score (nSPS) is 11.8. The molecule has 1 amide bonds. The van der Waals surface area contributed by atoms with Crippen LogP contribution in [0, 0.1) is 17.2 Å². The zero-order valence-electron chi connectivity index (χ0n) is 8.64. The first-order valence-corrected chi connectivity index (χ1v) is 4.61. The Morgan fingerprint density at radius 1 is 1.73 bits per heavy atom. The van der Waals surface area contributed by atoms with E-state index in [1.54, 1.807) is 7.05 Å². The van der Waals surface area contributed by atoms with Crippen LogP contribution in [-0.2, 0) is 11.8 Å². The topological polar surface area (TPSA) is 96.5 Å². The van der Waals surface area contributed by atoms with Crippen LogP contribution < -0.4 is 5.32 Å². The van der Waals surface area contributed by atoms with Crippen LogP contribution >= 0.6 is 0 Å². The van der Waals surface area contributed by atoms with Crippen molar-refractivity contribution < 1.29 is 4.79 Å². The molecule has 0 bridgehead atoms. The molecule has 0 fully saturated rings. The van der Waals surface area contributed by atoms with Crippen molar-refractivity contribution in [2.24, 2.45) is 13.0 Å². The van der Waals surface area contributed by atoms with Crippen LogP contribution in [0.2, 0.25) is 0 Å². The second-order valence-electron chi connectivity index (χ2n) is 3.06. The lowest BCUT2D eigenvalue weighted by Crippen LogP contribution is -2.22. The molecule has 0 aliphatic heterocycles. The number of aryl methyl sites for hydroxylation is 1. The van der Waals surface area contributed by atoms with E-state index in [-0.39, 0.29) is 11.9 Å². The predicted molar refractivity (Wildman–Crippen MR) is 51.4 cm³/mol. The maximum atomic E-state index is 11.5. The van der Waals surface area contributed by atoms with Crippen molar-refractivity contribution in [2.75, 3.05) is 5.32 Å². The molecule has 0 radical (unpaired) electrons. The number of nitrogens with zero attached hydrogens (tertiary/aromatic N) is 5. The lowest BCUT2D eigenvalue weighted by atomic mass is 10.1. The highest BCUT2D eigenvalue weighted by Crippen LogP contribution is 2.07. The summed E-state index contributed by atoms with van der Waals surface area (Å²) in [6.07, 6.45) is 1.31. The third-order valence-corrected chi connectivity index (χ3v) is 1.79. The number of nitriles is 1. The largest absolute Gasteiger partial charge is 0.291 e. The molecule has 15 heavy (non-hydrogen) atoms. The Kier molecular flexibility index (Phi) is 3.74. The Morgan fingerprint density at radius 2 is 2.47 bits per heavy atom. The maximum Gasteiger partial charge on any atom is 0.270 e. The molecule has 1 aromatic rings. The molecule has 0 saturated heterocycles. The van der Waals surface area contributed by atoms with E-state index < -0.39 is 5.92 Å². The van der Waals surface area contributed by atoms with Gasteiger partial charge in [-0.15, -0.1) is 5.10 Å². The number of carbonyl (C=O) groups is 1. The van der Waals surface area contributed by atoms with Crippen molar-refractivity contribution >= 4 is 11.9 Å². The van der Waals surface area contributed by atoms with Crippen molar-refractivity contribution in [3.8, 4) is 6.07 Å². The fourth-order valence-electron chi connectivity index (χ4n) is 1.07. The molecule has 1 rings (SSSR count). The number of hydrogen-bond donors (Lipinski definition) is 1. The highest BCUT2D eigenvalue weighted by Gasteiger charge is 2.18. The Bertz CT molecular complexity index is 379. The fraction of sp³-hybridized carbons (Fsp3) is 0.625. The van der Waals surface area contributed by atoms with Crippen LogP contribution in [0.4, 0.5) is 5.95 Å². The fourth-order valence-corrected chi connectivity index (χ4v) is 1.07. The molecular formula is C8H12N6O. The van der Waals surface area contributed by atoms with Gasteiger partial charge in [-0.05, 0) is 11.6 Å². The number of carbonyl (C=O) groups excluding carboxylic acids is 1. The van der Waals surface area contributed by atoms with E-state index in [1.807, 2.05) is 13.0 Å². The standard InChI is InChI=1S/C8H12N6O/c1-3-4-6(5-9)7(15)10-8-11-13-14(2)12-8/h6H,3-4H2,1-2H3,(H,10,12,15). The number of amides is 1. The lowest BCUT2D eigenvalue weighted by molar-refractivity contribution is -0.118. The van der Waals surface area contributed by atoms with E-state index in [1.165, 1.54) is 4.80 Å². The molecule has 0 aromatic carbocycles. The summed E-state index contributed by atoms with van der Waals surface area (Å²) in [5.74, 6) is -0.912. The number of anilines is 1. The summed E-state index contributed by atoms with van der Waals surface area (Å²) in [7, 11) is 1.59. The molecule has 7 nitrogen and oxygen atoms in total. The number of aromatic nitrogens is 4. The van der Waals surface area contributed by atoms with E-state index in [9.17, 15) is 4.79 Å². The van der Waals surface area contributed by atoms with Gasteiger partial charge in [-0.1, -0.05) is 18.4 Å². The minimum Gasteiger partial charge on any atom is -0.291 e. The van der Waals surface area contributed by atoms with Crippen molar-refractivity contribution in [3.05, 3.63) is 0 Å². The van der Waals surface area contributed by atoms with Crippen molar-refractivity contribution in [1.29, 1.82) is 5.26 Å². The molecule has 1 unspecified atom stereocenters. The summed E-state index contributed by atoms with van der Waals surface area (Å²) in [5.41, 5.74) is 0. The third kappa shape index (κ3) is 3.02. The highest BCUT2D eigenvalue weighted by molar-refractivity contribution is 5.92. The van der Waals surface area contributed by atoms with Gasteiger partial charge >= 0.3 is 0 Å². The summed E-state index contributed by atoms with van der Waals surface area (Å²) in [5, 5.41) is 22.1. The van der Waals surface area contributed by atoms with Gasteiger partial charge in [0, 0.05) is 0 Å². The molecule has 80 valence electrons. The van der Waals surface area contributed by atoms with Crippen LogP contribution in [0.15, 0.2) is 0 Å².